The van der Waals surface area contributed by atoms with Crippen molar-refractivity contribution >= 4 is 35.1 Å². The maximum absolute atomic E-state index is 13.2. The van der Waals surface area contributed by atoms with Gasteiger partial charge in [-0.15, -0.1) is 11.8 Å². The van der Waals surface area contributed by atoms with Crippen molar-refractivity contribution in [2.24, 2.45) is 0 Å². The average molecular weight is 405 g/mol. The van der Waals surface area contributed by atoms with Crippen LogP contribution < -0.4 is 5.32 Å². The molecule has 1 aliphatic heterocycles. The number of carbonyl (C=O) groups excluding carboxylic acids is 1. The number of carbonyl (C=O) groups is 1. The van der Waals surface area contributed by atoms with Crippen molar-refractivity contribution in [3.63, 3.8) is 0 Å². The molecule has 1 heterocycles. The third-order valence-corrected chi connectivity index (χ3v) is 5.37. The second-order valence-electron chi connectivity index (χ2n) is 5.60. The van der Waals surface area contributed by atoms with Gasteiger partial charge in [-0.25, -0.2) is 9.18 Å². The van der Waals surface area contributed by atoms with E-state index in [0.717, 1.165) is 18.2 Å². The lowest BCUT2D eigenvalue weighted by Gasteiger charge is -2.25. The fourth-order valence-electron chi connectivity index (χ4n) is 2.59. The number of rotatable bonds is 2. The van der Waals surface area contributed by atoms with Crippen molar-refractivity contribution in [2.75, 3.05) is 17.6 Å². The Kier molecular flexibility index (Phi) is 5.34. The molecule has 0 unspecified atom stereocenters. The van der Waals surface area contributed by atoms with Crippen LogP contribution in [0.5, 0.6) is 0 Å². The van der Waals surface area contributed by atoms with E-state index in [4.69, 9.17) is 11.6 Å². The van der Waals surface area contributed by atoms with Gasteiger partial charge in [-0.1, -0.05) is 23.7 Å². The average Bonchev–Trinajstić information content (AvgIpc) is 3.07. The van der Waals surface area contributed by atoms with Gasteiger partial charge in [0, 0.05) is 18.0 Å². The minimum absolute atomic E-state index is 0.131. The van der Waals surface area contributed by atoms with Gasteiger partial charge < -0.3 is 10.2 Å². The van der Waals surface area contributed by atoms with Crippen LogP contribution in [-0.4, -0.2) is 23.2 Å². The van der Waals surface area contributed by atoms with Crippen molar-refractivity contribution in [1.82, 2.24) is 4.90 Å². The Labute approximate surface area is 156 Å². The van der Waals surface area contributed by atoms with Gasteiger partial charge in [0.05, 0.1) is 10.6 Å². The SMILES string of the molecule is O=C(Nc1ccc(F)c(Cl)c1)N1CCS[C@H]1c1cccc(C(F)(F)F)c1. The summed E-state index contributed by atoms with van der Waals surface area (Å²) in [6.45, 7) is 0.381. The van der Waals surface area contributed by atoms with Gasteiger partial charge in [0.2, 0.25) is 0 Å². The highest BCUT2D eigenvalue weighted by Gasteiger charge is 2.34. The molecule has 2 aromatic carbocycles. The summed E-state index contributed by atoms with van der Waals surface area (Å²) in [5.74, 6) is -0.0124. The van der Waals surface area contributed by atoms with Gasteiger partial charge in [0.1, 0.15) is 11.2 Å². The Morgan fingerprint density at radius 2 is 2.00 bits per heavy atom. The summed E-state index contributed by atoms with van der Waals surface area (Å²) < 4.78 is 52.0. The molecular formula is C17H13ClF4N2OS. The largest absolute Gasteiger partial charge is 0.416 e. The van der Waals surface area contributed by atoms with E-state index >= 15 is 0 Å². The number of anilines is 1. The molecule has 3 rings (SSSR count). The minimum atomic E-state index is -4.45. The lowest BCUT2D eigenvalue weighted by atomic mass is 10.1. The molecule has 138 valence electrons. The van der Waals surface area contributed by atoms with E-state index < -0.39 is 29.0 Å². The summed E-state index contributed by atoms with van der Waals surface area (Å²) in [6, 6.07) is 8.21. The highest BCUT2D eigenvalue weighted by Crippen LogP contribution is 2.40. The van der Waals surface area contributed by atoms with Crippen LogP contribution in [0, 0.1) is 5.82 Å². The molecule has 1 aliphatic rings. The standard InChI is InChI=1S/C17H13ClF4N2OS/c18-13-9-12(4-5-14(13)19)23-16(25)24-6-7-26-15(24)10-2-1-3-11(8-10)17(20,21)22/h1-5,8-9,15H,6-7H2,(H,23,25)/t15-/m0/s1. The summed E-state index contributed by atoms with van der Waals surface area (Å²) >= 11 is 7.07. The van der Waals surface area contributed by atoms with Gasteiger partial charge in [-0.2, -0.15) is 13.2 Å². The second kappa shape index (κ2) is 7.36. The lowest BCUT2D eigenvalue weighted by molar-refractivity contribution is -0.137. The van der Waals surface area contributed by atoms with Crippen LogP contribution in [0.3, 0.4) is 0 Å². The molecule has 0 aliphatic carbocycles. The molecule has 2 amide bonds. The van der Waals surface area contributed by atoms with Crippen molar-refractivity contribution in [2.45, 2.75) is 11.6 Å². The Balaban J connectivity index is 1.79. The number of halogens is 5. The maximum atomic E-state index is 13.2. The van der Waals surface area contributed by atoms with Crippen molar-refractivity contribution in [1.29, 1.82) is 0 Å². The van der Waals surface area contributed by atoms with Crippen LogP contribution in [0.2, 0.25) is 5.02 Å². The zero-order chi connectivity index (χ0) is 18.9. The first-order valence-electron chi connectivity index (χ1n) is 7.57. The molecule has 26 heavy (non-hydrogen) atoms. The fourth-order valence-corrected chi connectivity index (χ4v) is 4.02. The first-order valence-corrected chi connectivity index (χ1v) is 9.00. The zero-order valence-corrected chi connectivity index (χ0v) is 14.8. The minimum Gasteiger partial charge on any atom is -0.308 e. The number of nitrogens with one attached hydrogen (secondary N) is 1. The van der Waals surface area contributed by atoms with Crippen LogP contribution in [0.4, 0.5) is 28.0 Å². The number of amides is 2. The van der Waals surface area contributed by atoms with Crippen molar-refractivity contribution in [3.05, 3.63) is 64.4 Å². The number of benzene rings is 2. The van der Waals surface area contributed by atoms with E-state index in [1.54, 1.807) is 6.07 Å². The van der Waals surface area contributed by atoms with Crippen LogP contribution >= 0.6 is 23.4 Å². The van der Waals surface area contributed by atoms with E-state index in [2.05, 4.69) is 5.32 Å². The third-order valence-electron chi connectivity index (χ3n) is 3.82. The van der Waals surface area contributed by atoms with Crippen molar-refractivity contribution in [3.8, 4) is 0 Å². The van der Waals surface area contributed by atoms with Crippen LogP contribution in [0.15, 0.2) is 42.5 Å². The Morgan fingerprint density at radius 1 is 1.23 bits per heavy atom. The predicted octanol–water partition coefficient (Wildman–Crippen LogP) is 5.78. The molecule has 0 aromatic heterocycles. The number of alkyl halides is 3. The summed E-state index contributed by atoms with van der Waals surface area (Å²) in [5, 5.41) is 1.93. The predicted molar refractivity (Wildman–Crippen MR) is 93.8 cm³/mol. The zero-order valence-electron chi connectivity index (χ0n) is 13.2. The number of nitrogens with zero attached hydrogens (tertiary/aromatic N) is 1. The molecule has 1 saturated heterocycles. The van der Waals surface area contributed by atoms with Crippen LogP contribution in [0.1, 0.15) is 16.5 Å². The van der Waals surface area contributed by atoms with Crippen LogP contribution in [0.25, 0.3) is 0 Å². The molecule has 1 fully saturated rings. The second-order valence-corrected chi connectivity index (χ2v) is 7.19. The molecule has 2 aromatic rings. The van der Waals surface area contributed by atoms with Gasteiger partial charge in [0.25, 0.3) is 0 Å². The topological polar surface area (TPSA) is 32.3 Å². The fraction of sp³-hybridized carbons (Fsp3) is 0.235. The molecule has 0 saturated carbocycles. The molecule has 1 N–H and O–H groups in total. The Morgan fingerprint density at radius 3 is 2.69 bits per heavy atom. The number of hydrogen-bond donors (Lipinski definition) is 1. The first-order chi connectivity index (χ1) is 12.3. The highest BCUT2D eigenvalue weighted by atomic mass is 35.5. The van der Waals surface area contributed by atoms with Gasteiger partial charge in [-0.05, 0) is 35.9 Å². The van der Waals surface area contributed by atoms with Gasteiger partial charge >= 0.3 is 12.2 Å². The highest BCUT2D eigenvalue weighted by molar-refractivity contribution is 7.99. The normalized spacial score (nSPS) is 17.4. The molecular weight excluding hydrogens is 392 g/mol. The van der Waals surface area contributed by atoms with Gasteiger partial charge in [-0.3, -0.25) is 0 Å². The Bertz CT molecular complexity index is 831. The summed E-state index contributed by atoms with van der Waals surface area (Å²) in [5.41, 5.74) is -0.0520. The molecule has 9 heteroatoms. The van der Waals surface area contributed by atoms with Crippen molar-refractivity contribution < 1.29 is 22.4 Å². The van der Waals surface area contributed by atoms with E-state index in [0.29, 0.717) is 23.5 Å². The smallest absolute Gasteiger partial charge is 0.308 e. The molecule has 0 radical (unpaired) electrons. The molecule has 3 nitrogen and oxygen atoms in total. The van der Waals surface area contributed by atoms with Gasteiger partial charge in [0.15, 0.2) is 0 Å². The first kappa shape index (κ1) is 18.8. The lowest BCUT2D eigenvalue weighted by Crippen LogP contribution is -2.34. The van der Waals surface area contributed by atoms with E-state index in [1.807, 2.05) is 0 Å². The summed E-state index contributed by atoms with van der Waals surface area (Å²) in [6.07, 6.45) is -4.45. The third kappa shape index (κ3) is 4.07. The number of hydrogen-bond acceptors (Lipinski definition) is 2. The summed E-state index contributed by atoms with van der Waals surface area (Å²) in [7, 11) is 0. The number of urea groups is 1. The molecule has 0 spiro atoms. The Hall–Kier alpha value is -1.93. The van der Waals surface area contributed by atoms with E-state index in [1.165, 1.54) is 34.9 Å². The molecule has 1 atom stereocenters. The van der Waals surface area contributed by atoms with E-state index in [9.17, 15) is 22.4 Å². The summed E-state index contributed by atoms with van der Waals surface area (Å²) in [4.78, 5) is 14.0. The van der Waals surface area contributed by atoms with E-state index in [-0.39, 0.29) is 5.02 Å². The number of thioether (sulfide) groups is 1. The monoisotopic (exact) mass is 404 g/mol. The quantitative estimate of drug-likeness (QED) is 0.644. The molecule has 0 bridgehead atoms. The maximum Gasteiger partial charge on any atom is 0.416 e. The van der Waals surface area contributed by atoms with Crippen LogP contribution in [-0.2, 0) is 6.18 Å².